The standard InChI is InChI=1S/C45H34N4/c1-29-9-8-10-36(24-29)38-27-42-43(28-39(38)37-25-30(2)23-31(3)26-37)49-45(35-19-15-33(16-20-35)41-12-5-7-22-47-41)44(48-42)34-17-13-32(14-18-34)40-11-4-6-21-46-40/h4-28H,1-3H3. The zero-order chi connectivity index (χ0) is 33.3. The van der Waals surface area contributed by atoms with Crippen LogP contribution in [0.3, 0.4) is 0 Å². The fourth-order valence-electron chi connectivity index (χ4n) is 6.59. The summed E-state index contributed by atoms with van der Waals surface area (Å²) in [6.45, 7) is 6.45. The number of aryl methyl sites for hydroxylation is 3. The van der Waals surface area contributed by atoms with Crippen molar-refractivity contribution in [3.05, 3.63) is 169 Å². The highest BCUT2D eigenvalue weighted by Gasteiger charge is 2.18. The molecular formula is C45H34N4. The van der Waals surface area contributed by atoms with Crippen LogP contribution in [0.25, 0.3) is 78.3 Å². The molecule has 0 saturated carbocycles. The third-order valence-corrected chi connectivity index (χ3v) is 8.90. The largest absolute Gasteiger partial charge is 0.256 e. The van der Waals surface area contributed by atoms with Gasteiger partial charge in [0, 0.05) is 34.6 Å². The third kappa shape index (κ3) is 6.13. The molecule has 0 aliphatic rings. The van der Waals surface area contributed by atoms with E-state index in [1.54, 1.807) is 0 Å². The first-order valence-electron chi connectivity index (χ1n) is 16.5. The summed E-state index contributed by atoms with van der Waals surface area (Å²) < 4.78 is 0. The molecule has 0 unspecified atom stereocenters. The van der Waals surface area contributed by atoms with E-state index in [-0.39, 0.29) is 0 Å². The highest BCUT2D eigenvalue weighted by molar-refractivity contribution is 5.96. The molecule has 234 valence electrons. The van der Waals surface area contributed by atoms with Gasteiger partial charge in [-0.2, -0.15) is 0 Å². The first kappa shape index (κ1) is 30.1. The molecule has 0 atom stereocenters. The van der Waals surface area contributed by atoms with Crippen molar-refractivity contribution in [1.29, 1.82) is 0 Å². The van der Waals surface area contributed by atoms with Crippen LogP contribution < -0.4 is 0 Å². The van der Waals surface area contributed by atoms with E-state index in [1.165, 1.54) is 22.3 Å². The van der Waals surface area contributed by atoms with E-state index in [0.717, 1.165) is 72.8 Å². The van der Waals surface area contributed by atoms with Crippen molar-refractivity contribution < 1.29 is 0 Å². The Morgan fingerprint density at radius 1 is 0.347 bits per heavy atom. The second-order valence-corrected chi connectivity index (χ2v) is 12.6. The number of benzene rings is 5. The monoisotopic (exact) mass is 630 g/mol. The molecular weight excluding hydrogens is 597 g/mol. The predicted octanol–water partition coefficient (Wildman–Crippen LogP) is 11.3. The minimum atomic E-state index is 0.833. The molecule has 0 saturated heterocycles. The Morgan fingerprint density at radius 3 is 1.29 bits per heavy atom. The first-order valence-corrected chi connectivity index (χ1v) is 16.5. The summed E-state index contributed by atoms with van der Waals surface area (Å²) in [7, 11) is 0. The second-order valence-electron chi connectivity index (χ2n) is 12.6. The van der Waals surface area contributed by atoms with Gasteiger partial charge < -0.3 is 0 Å². The van der Waals surface area contributed by atoms with Crippen LogP contribution in [0.4, 0.5) is 0 Å². The number of nitrogens with zero attached hydrogens (tertiary/aromatic N) is 4. The van der Waals surface area contributed by atoms with Crippen molar-refractivity contribution in [3.8, 4) is 67.3 Å². The molecule has 0 bridgehead atoms. The Morgan fingerprint density at radius 2 is 0.816 bits per heavy atom. The van der Waals surface area contributed by atoms with Gasteiger partial charge in [0.25, 0.3) is 0 Å². The second kappa shape index (κ2) is 12.7. The molecule has 49 heavy (non-hydrogen) atoms. The summed E-state index contributed by atoms with van der Waals surface area (Å²) in [6.07, 6.45) is 3.64. The van der Waals surface area contributed by atoms with Gasteiger partial charge in [0.2, 0.25) is 0 Å². The molecule has 0 spiro atoms. The van der Waals surface area contributed by atoms with E-state index in [2.05, 4.69) is 134 Å². The summed E-state index contributed by atoms with van der Waals surface area (Å²) in [5, 5.41) is 0. The van der Waals surface area contributed by atoms with Gasteiger partial charge >= 0.3 is 0 Å². The molecule has 0 aliphatic carbocycles. The van der Waals surface area contributed by atoms with E-state index in [4.69, 9.17) is 9.97 Å². The zero-order valence-corrected chi connectivity index (χ0v) is 27.7. The molecule has 4 heteroatoms. The highest BCUT2D eigenvalue weighted by atomic mass is 14.8. The van der Waals surface area contributed by atoms with E-state index in [0.29, 0.717) is 0 Å². The van der Waals surface area contributed by atoms with Crippen molar-refractivity contribution in [2.75, 3.05) is 0 Å². The molecule has 0 aliphatic heterocycles. The van der Waals surface area contributed by atoms with E-state index in [1.807, 2.05) is 48.8 Å². The lowest BCUT2D eigenvalue weighted by Crippen LogP contribution is -1.98. The van der Waals surface area contributed by atoms with Crippen LogP contribution >= 0.6 is 0 Å². The smallest absolute Gasteiger partial charge is 0.0973 e. The van der Waals surface area contributed by atoms with Gasteiger partial charge in [-0.05, 0) is 79.4 Å². The van der Waals surface area contributed by atoms with Crippen LogP contribution in [0.15, 0.2) is 152 Å². The van der Waals surface area contributed by atoms with Crippen LogP contribution in [0.1, 0.15) is 16.7 Å². The number of aromatic nitrogens is 4. The Labute approximate surface area is 286 Å². The Bertz CT molecular complexity index is 2410. The maximum absolute atomic E-state index is 5.40. The minimum absolute atomic E-state index is 0.833. The molecule has 4 nitrogen and oxygen atoms in total. The van der Waals surface area contributed by atoms with Crippen molar-refractivity contribution in [3.63, 3.8) is 0 Å². The number of hydrogen-bond acceptors (Lipinski definition) is 4. The summed E-state index contributed by atoms with van der Waals surface area (Å²) >= 11 is 0. The summed E-state index contributed by atoms with van der Waals surface area (Å²) in [4.78, 5) is 19.9. The van der Waals surface area contributed by atoms with Gasteiger partial charge in [0.1, 0.15) is 0 Å². The van der Waals surface area contributed by atoms with E-state index in [9.17, 15) is 0 Å². The lowest BCUT2D eigenvalue weighted by Gasteiger charge is -2.16. The lowest BCUT2D eigenvalue weighted by atomic mass is 9.91. The molecule has 0 amide bonds. The van der Waals surface area contributed by atoms with Crippen LogP contribution in [0, 0.1) is 20.8 Å². The first-order chi connectivity index (χ1) is 24.0. The van der Waals surface area contributed by atoms with Gasteiger partial charge in [-0.1, -0.05) is 120 Å². The van der Waals surface area contributed by atoms with Gasteiger partial charge in [-0.15, -0.1) is 0 Å². The van der Waals surface area contributed by atoms with Crippen LogP contribution in [0.5, 0.6) is 0 Å². The Hall–Kier alpha value is -6.26. The van der Waals surface area contributed by atoms with Gasteiger partial charge in [-0.25, -0.2) is 9.97 Å². The zero-order valence-electron chi connectivity index (χ0n) is 27.7. The van der Waals surface area contributed by atoms with Crippen LogP contribution in [-0.4, -0.2) is 19.9 Å². The van der Waals surface area contributed by atoms with Crippen LogP contribution in [0.2, 0.25) is 0 Å². The van der Waals surface area contributed by atoms with Crippen molar-refractivity contribution in [2.24, 2.45) is 0 Å². The van der Waals surface area contributed by atoms with E-state index < -0.39 is 0 Å². The lowest BCUT2D eigenvalue weighted by molar-refractivity contribution is 1.29. The van der Waals surface area contributed by atoms with Gasteiger partial charge in [0.05, 0.1) is 33.8 Å². The maximum Gasteiger partial charge on any atom is 0.0973 e. The van der Waals surface area contributed by atoms with Gasteiger partial charge in [0.15, 0.2) is 0 Å². The van der Waals surface area contributed by atoms with Crippen molar-refractivity contribution in [2.45, 2.75) is 20.8 Å². The van der Waals surface area contributed by atoms with Gasteiger partial charge in [-0.3, -0.25) is 9.97 Å². The Kier molecular flexibility index (Phi) is 7.83. The molecule has 5 aromatic carbocycles. The molecule has 8 rings (SSSR count). The maximum atomic E-state index is 5.40. The molecule has 3 aromatic heterocycles. The minimum Gasteiger partial charge on any atom is -0.256 e. The normalized spacial score (nSPS) is 11.2. The summed E-state index contributed by atoms with van der Waals surface area (Å²) in [6, 6.07) is 48.7. The average Bonchev–Trinajstić information content (AvgIpc) is 3.14. The topological polar surface area (TPSA) is 51.6 Å². The molecule has 0 N–H and O–H groups in total. The number of fused-ring (bicyclic) bond motifs is 1. The van der Waals surface area contributed by atoms with Crippen molar-refractivity contribution in [1.82, 2.24) is 19.9 Å². The third-order valence-electron chi connectivity index (χ3n) is 8.90. The quantitative estimate of drug-likeness (QED) is 0.183. The summed E-state index contributed by atoms with van der Waals surface area (Å²) in [5.41, 5.74) is 17.6. The fraction of sp³-hybridized carbons (Fsp3) is 0.0667. The molecule has 0 radical (unpaired) electrons. The molecule has 3 heterocycles. The highest BCUT2D eigenvalue weighted by Crippen LogP contribution is 2.39. The fourth-order valence-corrected chi connectivity index (χ4v) is 6.59. The van der Waals surface area contributed by atoms with E-state index >= 15 is 0 Å². The van der Waals surface area contributed by atoms with Crippen LogP contribution in [-0.2, 0) is 0 Å². The van der Waals surface area contributed by atoms with Crippen molar-refractivity contribution >= 4 is 11.0 Å². The number of rotatable bonds is 6. The molecule has 0 fully saturated rings. The Balaban J connectivity index is 1.35. The average molecular weight is 631 g/mol. The number of hydrogen-bond donors (Lipinski definition) is 0. The number of pyridine rings is 2. The summed E-state index contributed by atoms with van der Waals surface area (Å²) in [5.74, 6) is 0. The SMILES string of the molecule is Cc1cccc(-c2cc3nc(-c4ccc(-c5ccccn5)cc4)c(-c4ccc(-c5ccccn5)cc4)nc3cc2-c2cc(C)cc(C)c2)c1. The molecule has 8 aromatic rings. The predicted molar refractivity (Wildman–Crippen MR) is 202 cm³/mol.